The molecular weight excluding hydrogens is 271 g/mol. The summed E-state index contributed by atoms with van der Waals surface area (Å²) in [5, 5.41) is 0. The summed E-state index contributed by atoms with van der Waals surface area (Å²) >= 11 is 0. The number of carbonyl (C=O) groups is 1. The minimum atomic E-state index is -0.530. The number of hydrogen-bond acceptors (Lipinski definition) is 3. The largest absolute Gasteiger partial charge is 0.375 e. The summed E-state index contributed by atoms with van der Waals surface area (Å²) < 4.78 is 19.5. The smallest absolute Gasteiger partial charge is 0.257 e. The Morgan fingerprint density at radius 1 is 1.57 bits per heavy atom. The summed E-state index contributed by atoms with van der Waals surface area (Å²) in [5.74, 6) is 4.66. The first-order chi connectivity index (χ1) is 10.2. The van der Waals surface area contributed by atoms with Crippen molar-refractivity contribution in [3.8, 4) is 11.8 Å². The van der Waals surface area contributed by atoms with Crippen LogP contribution >= 0.6 is 0 Å². The Morgan fingerprint density at radius 3 is 3.10 bits per heavy atom. The lowest BCUT2D eigenvalue weighted by Gasteiger charge is -2.32. The van der Waals surface area contributed by atoms with Crippen molar-refractivity contribution in [3.63, 3.8) is 0 Å². The number of nitrogens with two attached hydrogens (primary N) is 1. The fourth-order valence-electron chi connectivity index (χ4n) is 2.24. The lowest BCUT2D eigenvalue weighted by molar-refractivity contribution is -0.0227. The first-order valence-corrected chi connectivity index (χ1v) is 7.05. The van der Waals surface area contributed by atoms with Crippen LogP contribution in [0.5, 0.6) is 0 Å². The van der Waals surface area contributed by atoms with Gasteiger partial charge in [0.25, 0.3) is 5.91 Å². The van der Waals surface area contributed by atoms with Crippen molar-refractivity contribution in [2.75, 3.05) is 26.2 Å². The van der Waals surface area contributed by atoms with Crippen molar-refractivity contribution in [2.45, 2.75) is 19.4 Å². The van der Waals surface area contributed by atoms with E-state index in [1.165, 1.54) is 12.1 Å². The summed E-state index contributed by atoms with van der Waals surface area (Å²) in [6, 6.07) is 4.30. The number of carbonyl (C=O) groups excluding carboxylic acids is 1. The van der Waals surface area contributed by atoms with Crippen LogP contribution in [-0.4, -0.2) is 43.2 Å². The molecule has 0 saturated carbocycles. The predicted molar refractivity (Wildman–Crippen MR) is 78.3 cm³/mol. The van der Waals surface area contributed by atoms with Gasteiger partial charge >= 0.3 is 0 Å². The second kappa shape index (κ2) is 7.21. The van der Waals surface area contributed by atoms with Gasteiger partial charge in [-0.3, -0.25) is 4.79 Å². The molecule has 112 valence electrons. The third-order valence-electron chi connectivity index (χ3n) is 3.41. The zero-order chi connectivity index (χ0) is 15.2. The standard InChI is InChI=1S/C16H19FN2O2/c1-2-13-11-19(8-9-21-13)16(20)14-10-12(4-3-7-18)5-6-15(14)17/h5-6,10,13H,2,7-9,11,18H2,1H3. The molecule has 1 amide bonds. The third kappa shape index (κ3) is 3.81. The minimum absolute atomic E-state index is 0.0194. The molecule has 0 aliphatic carbocycles. The van der Waals surface area contributed by atoms with Crippen LogP contribution in [-0.2, 0) is 4.74 Å². The van der Waals surface area contributed by atoms with Crippen molar-refractivity contribution >= 4 is 5.91 Å². The molecule has 21 heavy (non-hydrogen) atoms. The van der Waals surface area contributed by atoms with Crippen LogP contribution in [0.4, 0.5) is 4.39 Å². The van der Waals surface area contributed by atoms with Crippen molar-refractivity contribution in [1.29, 1.82) is 0 Å². The summed E-state index contributed by atoms with van der Waals surface area (Å²) in [6.07, 6.45) is 0.847. The molecule has 1 heterocycles. The Hall–Kier alpha value is -1.90. The normalized spacial score (nSPS) is 18.0. The Balaban J connectivity index is 2.21. The fourth-order valence-corrected chi connectivity index (χ4v) is 2.24. The fraction of sp³-hybridized carbons (Fsp3) is 0.438. The molecule has 1 aliphatic rings. The van der Waals surface area contributed by atoms with Crippen LogP contribution in [0.15, 0.2) is 18.2 Å². The van der Waals surface area contributed by atoms with Gasteiger partial charge in [-0.2, -0.15) is 0 Å². The Labute approximate surface area is 124 Å². The molecule has 1 aromatic rings. The molecule has 1 unspecified atom stereocenters. The van der Waals surface area contributed by atoms with Crippen LogP contribution < -0.4 is 5.73 Å². The lowest BCUT2D eigenvalue weighted by atomic mass is 10.1. The molecule has 1 saturated heterocycles. The Morgan fingerprint density at radius 2 is 2.38 bits per heavy atom. The molecular formula is C16H19FN2O2. The highest BCUT2D eigenvalue weighted by Gasteiger charge is 2.25. The van der Waals surface area contributed by atoms with E-state index in [9.17, 15) is 9.18 Å². The molecule has 2 N–H and O–H groups in total. The maximum absolute atomic E-state index is 13.9. The molecule has 0 bridgehead atoms. The second-order valence-corrected chi connectivity index (χ2v) is 4.85. The van der Waals surface area contributed by atoms with E-state index in [0.29, 0.717) is 25.3 Å². The van der Waals surface area contributed by atoms with Crippen LogP contribution in [0.2, 0.25) is 0 Å². The number of halogens is 1. The van der Waals surface area contributed by atoms with E-state index in [2.05, 4.69) is 11.8 Å². The predicted octanol–water partition coefficient (Wildman–Crippen LogP) is 1.39. The topological polar surface area (TPSA) is 55.6 Å². The number of ether oxygens (including phenoxy) is 1. The number of nitrogens with zero attached hydrogens (tertiary/aromatic N) is 1. The van der Waals surface area contributed by atoms with Gasteiger partial charge in [-0.25, -0.2) is 4.39 Å². The molecule has 0 aromatic heterocycles. The van der Waals surface area contributed by atoms with Crippen LogP contribution in [0.1, 0.15) is 29.3 Å². The molecule has 1 aliphatic heterocycles. The van der Waals surface area contributed by atoms with Crippen molar-refractivity contribution < 1.29 is 13.9 Å². The van der Waals surface area contributed by atoms with Crippen LogP contribution in [0, 0.1) is 17.7 Å². The highest BCUT2D eigenvalue weighted by atomic mass is 19.1. The van der Waals surface area contributed by atoms with Crippen molar-refractivity contribution in [3.05, 3.63) is 35.1 Å². The summed E-state index contributed by atoms with van der Waals surface area (Å²) in [6.45, 7) is 3.68. The molecule has 1 atom stereocenters. The molecule has 0 spiro atoms. The van der Waals surface area contributed by atoms with Gasteiger partial charge < -0.3 is 15.4 Å². The molecule has 4 nitrogen and oxygen atoms in total. The van der Waals surface area contributed by atoms with Crippen molar-refractivity contribution in [2.24, 2.45) is 5.73 Å². The molecule has 0 radical (unpaired) electrons. The zero-order valence-corrected chi connectivity index (χ0v) is 12.1. The van der Waals surface area contributed by atoms with E-state index in [-0.39, 0.29) is 24.1 Å². The SMILES string of the molecule is CCC1CN(C(=O)c2cc(C#CCN)ccc2F)CCO1. The highest BCUT2D eigenvalue weighted by molar-refractivity contribution is 5.95. The number of hydrogen-bond donors (Lipinski definition) is 1. The van der Waals surface area contributed by atoms with Gasteiger partial charge in [0.05, 0.1) is 24.8 Å². The summed E-state index contributed by atoms with van der Waals surface area (Å²) in [4.78, 5) is 14.1. The summed E-state index contributed by atoms with van der Waals surface area (Å²) in [5.41, 5.74) is 5.95. The summed E-state index contributed by atoms with van der Waals surface area (Å²) in [7, 11) is 0. The van der Waals surface area contributed by atoms with E-state index < -0.39 is 5.82 Å². The zero-order valence-electron chi connectivity index (χ0n) is 12.1. The van der Waals surface area contributed by atoms with Gasteiger partial charge in [0.15, 0.2) is 0 Å². The highest BCUT2D eigenvalue weighted by Crippen LogP contribution is 2.16. The van der Waals surface area contributed by atoms with Crippen LogP contribution in [0.3, 0.4) is 0 Å². The lowest BCUT2D eigenvalue weighted by Crippen LogP contribution is -2.45. The molecule has 1 aromatic carbocycles. The number of morpholine rings is 1. The Bertz CT molecular complexity index is 577. The van der Waals surface area contributed by atoms with Gasteiger partial charge in [0, 0.05) is 18.7 Å². The monoisotopic (exact) mass is 290 g/mol. The van der Waals surface area contributed by atoms with Gasteiger partial charge in [-0.15, -0.1) is 0 Å². The molecule has 5 heteroatoms. The number of amides is 1. The van der Waals surface area contributed by atoms with E-state index in [1.54, 1.807) is 11.0 Å². The van der Waals surface area contributed by atoms with E-state index >= 15 is 0 Å². The average molecular weight is 290 g/mol. The van der Waals surface area contributed by atoms with E-state index in [1.807, 2.05) is 6.92 Å². The van der Waals surface area contributed by atoms with Gasteiger partial charge in [0.2, 0.25) is 0 Å². The third-order valence-corrected chi connectivity index (χ3v) is 3.41. The maximum Gasteiger partial charge on any atom is 0.257 e. The maximum atomic E-state index is 13.9. The average Bonchev–Trinajstić information content (AvgIpc) is 2.53. The Kier molecular flexibility index (Phi) is 5.32. The van der Waals surface area contributed by atoms with Crippen LogP contribution in [0.25, 0.3) is 0 Å². The number of rotatable bonds is 2. The van der Waals surface area contributed by atoms with E-state index in [4.69, 9.17) is 10.5 Å². The minimum Gasteiger partial charge on any atom is -0.375 e. The second-order valence-electron chi connectivity index (χ2n) is 4.85. The molecule has 2 rings (SSSR count). The van der Waals surface area contributed by atoms with Crippen molar-refractivity contribution in [1.82, 2.24) is 4.90 Å². The van der Waals surface area contributed by atoms with E-state index in [0.717, 1.165) is 6.42 Å². The van der Waals surface area contributed by atoms with Gasteiger partial charge in [-0.1, -0.05) is 18.8 Å². The van der Waals surface area contributed by atoms with Gasteiger partial charge in [-0.05, 0) is 24.6 Å². The number of benzene rings is 1. The van der Waals surface area contributed by atoms with Gasteiger partial charge in [0.1, 0.15) is 5.82 Å². The quantitative estimate of drug-likeness (QED) is 0.837. The first-order valence-electron chi connectivity index (χ1n) is 7.05. The first kappa shape index (κ1) is 15.5. The molecule has 1 fully saturated rings.